The fraction of sp³-hybridized carbons (Fsp3) is 0.292. The van der Waals surface area contributed by atoms with E-state index in [0.717, 1.165) is 10.9 Å². The second-order valence-electron chi connectivity index (χ2n) is 7.52. The van der Waals surface area contributed by atoms with Gasteiger partial charge in [0, 0.05) is 25.4 Å². The van der Waals surface area contributed by atoms with Gasteiger partial charge in [-0.15, -0.1) is 0 Å². The van der Waals surface area contributed by atoms with E-state index in [1.165, 1.54) is 12.1 Å². The molecule has 1 aliphatic heterocycles. The summed E-state index contributed by atoms with van der Waals surface area (Å²) in [4.78, 5) is 31.6. The molecule has 1 N–H and O–H groups in total. The number of aryl methyl sites for hydroxylation is 1. The van der Waals surface area contributed by atoms with Gasteiger partial charge in [0.1, 0.15) is 11.9 Å². The molecule has 0 aliphatic carbocycles. The van der Waals surface area contributed by atoms with Crippen molar-refractivity contribution in [1.82, 2.24) is 15.2 Å². The van der Waals surface area contributed by atoms with Crippen molar-refractivity contribution in [3.05, 3.63) is 77.2 Å². The number of nitrogens with one attached hydrogen (secondary N) is 1. The summed E-state index contributed by atoms with van der Waals surface area (Å²) >= 11 is 0. The number of pyridine rings is 1. The summed E-state index contributed by atoms with van der Waals surface area (Å²) in [6, 6.07) is 15.4. The first-order chi connectivity index (χ1) is 15.0. The normalized spacial score (nSPS) is 16.3. The van der Waals surface area contributed by atoms with E-state index >= 15 is 0 Å². The molecule has 0 spiro atoms. The highest BCUT2D eigenvalue weighted by molar-refractivity contribution is 6.06. The van der Waals surface area contributed by atoms with Crippen LogP contribution in [0, 0.1) is 5.82 Å². The maximum Gasteiger partial charge on any atom is 0.251 e. The van der Waals surface area contributed by atoms with Crippen molar-refractivity contribution in [2.45, 2.75) is 18.9 Å². The fourth-order valence-corrected chi connectivity index (χ4v) is 3.80. The first-order valence-electron chi connectivity index (χ1n) is 10.3. The Kier molecular flexibility index (Phi) is 6.23. The van der Waals surface area contributed by atoms with Crippen LogP contribution in [-0.2, 0) is 16.0 Å². The predicted molar refractivity (Wildman–Crippen MR) is 115 cm³/mol. The Morgan fingerprint density at radius 1 is 1.19 bits per heavy atom. The van der Waals surface area contributed by atoms with Crippen LogP contribution in [0.25, 0.3) is 10.9 Å². The number of amides is 2. The quantitative estimate of drug-likeness (QED) is 0.687. The van der Waals surface area contributed by atoms with Crippen molar-refractivity contribution in [2.75, 3.05) is 26.7 Å². The average Bonchev–Trinajstić information content (AvgIpc) is 2.82. The van der Waals surface area contributed by atoms with Crippen LogP contribution in [0.2, 0.25) is 0 Å². The van der Waals surface area contributed by atoms with Crippen LogP contribution in [0.3, 0.4) is 0 Å². The van der Waals surface area contributed by atoms with Crippen molar-refractivity contribution in [3.63, 3.8) is 0 Å². The standard InChI is InChI=1S/C24H24FN3O3/c1-26-24(30)19-14-21(27-20-5-3-2-4-18(19)20)22-15-28(12-13-31-22)23(29)11-8-16-6-9-17(25)10-7-16/h2-7,9-10,14,22H,8,11-13,15H2,1H3,(H,26,30)/t22-/m1/s1. The molecule has 1 aromatic heterocycles. The third kappa shape index (κ3) is 4.72. The van der Waals surface area contributed by atoms with E-state index in [9.17, 15) is 14.0 Å². The van der Waals surface area contributed by atoms with Gasteiger partial charge in [0.25, 0.3) is 5.91 Å². The summed E-state index contributed by atoms with van der Waals surface area (Å²) in [7, 11) is 1.59. The monoisotopic (exact) mass is 421 g/mol. The first-order valence-corrected chi connectivity index (χ1v) is 10.3. The SMILES string of the molecule is CNC(=O)c1cc([C@H]2CN(C(=O)CCc3ccc(F)cc3)CCO2)nc2ccccc12. The number of rotatable bonds is 5. The summed E-state index contributed by atoms with van der Waals surface area (Å²) in [6.07, 6.45) is 0.486. The number of morpholine rings is 1. The molecule has 1 fully saturated rings. The Bertz CT molecular complexity index is 1100. The molecule has 0 radical (unpaired) electrons. The molecule has 2 aromatic carbocycles. The molecule has 0 saturated carbocycles. The van der Waals surface area contributed by atoms with Gasteiger partial charge in [-0.3, -0.25) is 9.59 Å². The number of halogens is 1. The van der Waals surface area contributed by atoms with E-state index in [2.05, 4.69) is 5.32 Å². The lowest BCUT2D eigenvalue weighted by atomic mass is 10.0. The van der Waals surface area contributed by atoms with Crippen LogP contribution in [-0.4, -0.2) is 48.4 Å². The van der Waals surface area contributed by atoms with Crippen LogP contribution >= 0.6 is 0 Å². The summed E-state index contributed by atoms with van der Waals surface area (Å²) in [6.45, 7) is 1.28. The van der Waals surface area contributed by atoms with E-state index in [4.69, 9.17) is 9.72 Å². The van der Waals surface area contributed by atoms with E-state index in [1.807, 2.05) is 24.3 Å². The number of carbonyl (C=O) groups is 2. The Labute approximate surface area is 180 Å². The van der Waals surface area contributed by atoms with Crippen LogP contribution in [0.4, 0.5) is 4.39 Å². The van der Waals surface area contributed by atoms with Gasteiger partial charge in [-0.25, -0.2) is 9.37 Å². The maximum atomic E-state index is 13.1. The van der Waals surface area contributed by atoms with Crippen LogP contribution in [0.5, 0.6) is 0 Å². The highest BCUT2D eigenvalue weighted by Gasteiger charge is 2.27. The zero-order valence-electron chi connectivity index (χ0n) is 17.3. The number of aromatic nitrogens is 1. The Morgan fingerprint density at radius 3 is 2.74 bits per heavy atom. The number of ether oxygens (including phenoxy) is 1. The lowest BCUT2D eigenvalue weighted by Gasteiger charge is -2.33. The predicted octanol–water partition coefficient (Wildman–Crippen LogP) is 3.27. The molecule has 1 saturated heterocycles. The highest BCUT2D eigenvalue weighted by Crippen LogP contribution is 2.26. The molecule has 31 heavy (non-hydrogen) atoms. The van der Waals surface area contributed by atoms with Crippen molar-refractivity contribution < 1.29 is 18.7 Å². The molecule has 1 atom stereocenters. The zero-order chi connectivity index (χ0) is 21.8. The molecule has 0 bridgehead atoms. The van der Waals surface area contributed by atoms with Crippen LogP contribution < -0.4 is 5.32 Å². The van der Waals surface area contributed by atoms with Crippen LogP contribution in [0.1, 0.15) is 34.1 Å². The number of benzene rings is 2. The number of nitrogens with zero attached hydrogens (tertiary/aromatic N) is 2. The van der Waals surface area contributed by atoms with Crippen molar-refractivity contribution in [2.24, 2.45) is 0 Å². The number of hydrogen-bond donors (Lipinski definition) is 1. The third-order valence-electron chi connectivity index (χ3n) is 5.50. The molecule has 3 aromatic rings. The van der Waals surface area contributed by atoms with Crippen molar-refractivity contribution in [3.8, 4) is 0 Å². The molecule has 2 amide bonds. The minimum Gasteiger partial charge on any atom is -0.368 e. The largest absolute Gasteiger partial charge is 0.368 e. The average molecular weight is 421 g/mol. The maximum absolute atomic E-state index is 13.1. The van der Waals surface area contributed by atoms with Gasteiger partial charge in [0.15, 0.2) is 0 Å². The number of para-hydroxylation sites is 1. The lowest BCUT2D eigenvalue weighted by Crippen LogP contribution is -2.42. The van der Waals surface area contributed by atoms with Gasteiger partial charge in [-0.05, 0) is 36.2 Å². The summed E-state index contributed by atoms with van der Waals surface area (Å²) in [5.41, 5.74) is 2.80. The summed E-state index contributed by atoms with van der Waals surface area (Å²) in [5.74, 6) is -0.460. The molecular weight excluding hydrogens is 397 g/mol. The van der Waals surface area contributed by atoms with Gasteiger partial charge in [-0.1, -0.05) is 30.3 Å². The molecule has 160 valence electrons. The zero-order valence-corrected chi connectivity index (χ0v) is 17.3. The highest BCUT2D eigenvalue weighted by atomic mass is 19.1. The minimum absolute atomic E-state index is 0.0185. The molecule has 4 rings (SSSR count). The molecule has 7 heteroatoms. The summed E-state index contributed by atoms with van der Waals surface area (Å²) < 4.78 is 19.0. The first kappa shape index (κ1) is 20.9. The second kappa shape index (κ2) is 9.22. The van der Waals surface area contributed by atoms with Gasteiger partial charge < -0.3 is 15.0 Å². The molecule has 6 nitrogen and oxygen atoms in total. The van der Waals surface area contributed by atoms with E-state index < -0.39 is 6.10 Å². The molecular formula is C24H24FN3O3. The van der Waals surface area contributed by atoms with Crippen molar-refractivity contribution >= 4 is 22.7 Å². The topological polar surface area (TPSA) is 71.5 Å². The van der Waals surface area contributed by atoms with E-state index in [1.54, 1.807) is 30.1 Å². The number of fused-ring (bicyclic) bond motifs is 1. The Morgan fingerprint density at radius 2 is 1.97 bits per heavy atom. The summed E-state index contributed by atoms with van der Waals surface area (Å²) in [5, 5.41) is 3.44. The number of carbonyl (C=O) groups excluding carboxylic acids is 2. The van der Waals surface area contributed by atoms with E-state index in [0.29, 0.717) is 49.3 Å². The van der Waals surface area contributed by atoms with Gasteiger partial charge in [-0.2, -0.15) is 0 Å². The molecule has 0 unspecified atom stereocenters. The third-order valence-corrected chi connectivity index (χ3v) is 5.50. The van der Waals surface area contributed by atoms with E-state index in [-0.39, 0.29) is 17.6 Å². The smallest absolute Gasteiger partial charge is 0.251 e. The Hall–Kier alpha value is -3.32. The number of hydrogen-bond acceptors (Lipinski definition) is 4. The molecule has 2 heterocycles. The van der Waals surface area contributed by atoms with Crippen LogP contribution in [0.15, 0.2) is 54.6 Å². The Balaban J connectivity index is 1.50. The fourth-order valence-electron chi connectivity index (χ4n) is 3.80. The lowest BCUT2D eigenvalue weighted by molar-refractivity contribution is -0.139. The van der Waals surface area contributed by atoms with Gasteiger partial charge in [0.2, 0.25) is 5.91 Å². The van der Waals surface area contributed by atoms with Crippen molar-refractivity contribution in [1.29, 1.82) is 0 Å². The van der Waals surface area contributed by atoms with Gasteiger partial charge in [0.05, 0.1) is 29.9 Å². The minimum atomic E-state index is -0.406. The molecule has 1 aliphatic rings. The van der Waals surface area contributed by atoms with Gasteiger partial charge >= 0.3 is 0 Å². The second-order valence-corrected chi connectivity index (χ2v) is 7.52.